The van der Waals surface area contributed by atoms with Gasteiger partial charge < -0.3 is 57.9 Å². The molecule has 0 unspecified atom stereocenters. The summed E-state index contributed by atoms with van der Waals surface area (Å²) < 4.78 is 228. The monoisotopic (exact) mass is 2260 g/mol. The minimum absolute atomic E-state index is 0.00305. The van der Waals surface area contributed by atoms with Crippen molar-refractivity contribution in [3.05, 3.63) is 371 Å². The number of rotatable bonds is 19. The van der Waals surface area contributed by atoms with Crippen LogP contribution in [0.25, 0.3) is 110 Å². The lowest BCUT2D eigenvalue weighted by Gasteiger charge is -2.13. The molecule has 0 fully saturated rings. The molecule has 0 aliphatic carbocycles. The maximum Gasteiger partial charge on any atom is 0.416 e. The Balaban J connectivity index is 0.000000135. The number of hydrogen-bond acceptors (Lipinski definition) is 24. The van der Waals surface area contributed by atoms with Crippen molar-refractivity contribution in [2.45, 2.75) is 50.9 Å². The lowest BCUT2D eigenvalue weighted by Crippen LogP contribution is -2.37. The van der Waals surface area contributed by atoms with E-state index in [1.54, 1.807) is 51.2 Å². The highest BCUT2D eigenvalue weighted by atomic mass is 79.9. The number of thiophene rings is 4. The number of benzene rings is 7. The maximum atomic E-state index is 13.7. The molecular weight excluding hydrogens is 2200 g/mol. The number of aromatic carboxylic acids is 2. The first-order valence-corrected chi connectivity index (χ1v) is 50.5. The molecule has 57 heteroatoms. The Bertz CT molecular complexity index is 9820. The summed E-state index contributed by atoms with van der Waals surface area (Å²) in [6.45, 7) is -0.924. The highest BCUT2D eigenvalue weighted by molar-refractivity contribution is 9.10. The number of nitrogens with zero attached hydrogens (tertiary/aromatic N) is 9. The van der Waals surface area contributed by atoms with Crippen molar-refractivity contribution in [3.63, 3.8) is 0 Å². The van der Waals surface area contributed by atoms with E-state index in [0.29, 0.717) is 60.1 Å². The zero-order valence-electron chi connectivity index (χ0n) is 74.3. The van der Waals surface area contributed by atoms with Gasteiger partial charge in [-0.3, -0.25) is 38.9 Å². The molecule has 9 N–H and O–H groups in total. The van der Waals surface area contributed by atoms with Crippen molar-refractivity contribution in [1.29, 1.82) is 0 Å². The van der Waals surface area contributed by atoms with E-state index in [1.165, 1.54) is 88.0 Å². The Hall–Kier alpha value is -16.6. The van der Waals surface area contributed by atoms with Gasteiger partial charge in [0.2, 0.25) is 20.0 Å². The van der Waals surface area contributed by atoms with Crippen molar-refractivity contribution in [1.82, 2.24) is 65.9 Å². The van der Waals surface area contributed by atoms with E-state index in [0.717, 1.165) is 121 Å². The first kappa shape index (κ1) is 104. The molecule has 0 saturated carbocycles. The molecule has 0 aliphatic heterocycles. The summed E-state index contributed by atoms with van der Waals surface area (Å²) in [5, 5.41) is 52.4. The Morgan fingerprint density at radius 2 is 0.745 bits per heavy atom. The van der Waals surface area contributed by atoms with Crippen molar-refractivity contribution in [3.8, 4) is 28.5 Å². The number of non-ortho nitro benzene ring substituents is 1. The topological polar surface area (TPSA) is 517 Å². The number of sulfonamides is 2. The predicted octanol–water partition coefficient (Wildman–Crippen LogP) is 16.4. The number of fused-ring (bicyclic) bond motifs is 8. The molecule has 766 valence electrons. The molecule has 0 bridgehead atoms. The molecule has 2 amide bonds. The number of amides is 2. The van der Waals surface area contributed by atoms with Gasteiger partial charge in [0.15, 0.2) is 11.4 Å². The third-order valence-electron chi connectivity index (χ3n) is 22.9. The zero-order valence-corrected chi connectivity index (χ0v) is 81.6. The normalized spacial score (nSPS) is 12.2. The molecule has 37 nitrogen and oxygen atoms in total. The summed E-state index contributed by atoms with van der Waals surface area (Å²) in [6, 6.07) is 29.4. The van der Waals surface area contributed by atoms with Gasteiger partial charge in [0.1, 0.15) is 22.9 Å². The quantitative estimate of drug-likeness (QED) is 0.0206. The van der Waals surface area contributed by atoms with Crippen LogP contribution in [0.15, 0.2) is 248 Å². The second kappa shape index (κ2) is 39.0. The average Bonchev–Trinajstić information content (AvgIpc) is 1.58. The van der Waals surface area contributed by atoms with E-state index < -0.39 is 193 Å². The number of aromatic amines is 4. The highest BCUT2D eigenvalue weighted by Gasteiger charge is 2.41. The molecular formula is C92H57BrClF12N15O22S6. The number of alkyl halides is 12. The highest BCUT2D eigenvalue weighted by Crippen LogP contribution is 2.43. The van der Waals surface area contributed by atoms with Crippen LogP contribution in [0.3, 0.4) is 0 Å². The molecule has 0 radical (unpaired) electrons. The summed E-state index contributed by atoms with van der Waals surface area (Å²) >= 11 is 14.0. The summed E-state index contributed by atoms with van der Waals surface area (Å²) in [4.78, 5) is 178. The summed E-state index contributed by atoms with van der Waals surface area (Å²) in [5.74, 6) is -5.58. The number of hydrogen-bond donors (Lipinski definition) is 9. The van der Waals surface area contributed by atoms with E-state index in [9.17, 15) is 152 Å². The van der Waals surface area contributed by atoms with Gasteiger partial charge in [-0.1, -0.05) is 51.8 Å². The molecule has 13 heterocycles. The van der Waals surface area contributed by atoms with E-state index in [-0.39, 0.29) is 135 Å². The van der Waals surface area contributed by atoms with E-state index in [4.69, 9.17) is 16.0 Å². The SMILES string of the molecule is CS(=O)(=O)NC(=O)c1c(-n2c(=O)[nH]c3cscc3c2=O)c2cc(C(F)(F)F)ccc2n1Cc1cccc(O)c1.CS(=O)(=O)NC(=O)c1c(-n2c(=O)[nH]c3cscc3c2=O)c2cc(C(F)(F)F)ccc2n1Cc1ccco1.O=C(O)c1c(-n2c(=O)[nH]c3cscc3c2=O)c2cc(C(F)(F)F)ccc2n1Cc1cc([N+](=O)[O-])ccc1Cl.O=C(O)c1c(-n2c(=O)[nH]c3cscc3c2=O)c2cc(C(F)(F)F)ccc2n1Cc1ccc(Br)cc1. The van der Waals surface area contributed by atoms with Crippen LogP contribution in [0.1, 0.15) is 86.7 Å². The van der Waals surface area contributed by atoms with Crippen LogP contribution in [0.5, 0.6) is 5.75 Å². The number of nitro groups is 1. The molecule has 0 spiro atoms. The number of carboxylic acids is 2. The number of phenolic OH excluding ortho intramolecular Hbond substituents is 1. The first-order chi connectivity index (χ1) is 70.0. The summed E-state index contributed by atoms with van der Waals surface area (Å²) in [5.41, 5.74) is -14.7. The van der Waals surface area contributed by atoms with Gasteiger partial charge in [-0.05, 0) is 132 Å². The number of nitro benzene ring substituents is 1. The Morgan fingerprint density at radius 3 is 1.06 bits per heavy atom. The number of phenols is 1. The second-order valence-electron chi connectivity index (χ2n) is 32.6. The number of carbonyl (C=O) groups is 4. The first-order valence-electron chi connectivity index (χ1n) is 41.8. The van der Waals surface area contributed by atoms with E-state index in [2.05, 4.69) is 35.9 Å². The van der Waals surface area contributed by atoms with Crippen LogP contribution < -0.4 is 54.4 Å². The molecule has 0 aliphatic rings. The second-order valence-corrected chi connectivity index (χ2v) is 40.4. The number of carbonyl (C=O) groups excluding carboxylic acids is 2. The number of aromatic hydroxyl groups is 1. The molecule has 0 atom stereocenters. The molecule has 7 aromatic carbocycles. The Morgan fingerprint density at radius 1 is 0.416 bits per heavy atom. The molecule has 13 aromatic heterocycles. The number of carboxylic acid groups (broad SMARTS) is 2. The van der Waals surface area contributed by atoms with Gasteiger partial charge in [0.25, 0.3) is 39.7 Å². The smallest absolute Gasteiger partial charge is 0.416 e. The van der Waals surface area contributed by atoms with Gasteiger partial charge in [-0.15, -0.1) is 45.3 Å². The lowest BCUT2D eigenvalue weighted by molar-refractivity contribution is -0.384. The lowest BCUT2D eigenvalue weighted by atomic mass is 10.1. The molecule has 20 aromatic rings. The fraction of sp³-hybridized carbons (Fsp3) is 0.109. The third-order valence-corrected chi connectivity index (χ3v) is 27.9. The van der Waals surface area contributed by atoms with Gasteiger partial charge in [0.05, 0.1) is 147 Å². The van der Waals surface area contributed by atoms with E-state index in [1.807, 2.05) is 0 Å². The Kier molecular flexibility index (Phi) is 27.2. The van der Waals surface area contributed by atoms with Crippen LogP contribution in [0, 0.1) is 10.1 Å². The predicted molar refractivity (Wildman–Crippen MR) is 528 cm³/mol. The summed E-state index contributed by atoms with van der Waals surface area (Å²) in [7, 11) is -8.34. The number of nitrogens with one attached hydrogen (secondary N) is 6. The largest absolute Gasteiger partial charge is 0.508 e. The number of aromatic nitrogens is 12. The van der Waals surface area contributed by atoms with Crippen LogP contribution >= 0.6 is 72.9 Å². The van der Waals surface area contributed by atoms with Gasteiger partial charge in [0, 0.05) is 99.3 Å². The maximum absolute atomic E-state index is 13.7. The number of furan rings is 1. The number of H-pyrrole nitrogens is 4. The minimum Gasteiger partial charge on any atom is -0.508 e. The van der Waals surface area contributed by atoms with Crippen LogP contribution in [-0.4, -0.2) is 130 Å². The Labute approximate surface area is 846 Å². The van der Waals surface area contributed by atoms with E-state index >= 15 is 0 Å². The van der Waals surface area contributed by atoms with Crippen molar-refractivity contribution in [2.75, 3.05) is 12.5 Å². The van der Waals surface area contributed by atoms with Crippen LogP contribution in [-0.2, 0) is 70.9 Å². The van der Waals surface area contributed by atoms with Gasteiger partial charge in [-0.25, -0.2) is 73.3 Å². The number of halogens is 14. The minimum atomic E-state index is -4.82. The fourth-order valence-corrected chi connectivity index (χ4v) is 21.0. The molecule has 0 saturated heterocycles. The fourth-order valence-electron chi connectivity index (χ4n) is 16.7. The third kappa shape index (κ3) is 20.3. The molecule has 20 rings (SSSR count). The average molecular weight is 2260 g/mol. The van der Waals surface area contributed by atoms with Crippen molar-refractivity contribution >= 4 is 210 Å². The van der Waals surface area contributed by atoms with Crippen LogP contribution in [0.4, 0.5) is 58.4 Å². The molecule has 149 heavy (non-hydrogen) atoms. The van der Waals surface area contributed by atoms with Crippen molar-refractivity contribution in [2.24, 2.45) is 0 Å². The zero-order chi connectivity index (χ0) is 108. The van der Waals surface area contributed by atoms with Gasteiger partial charge >= 0.3 is 59.4 Å². The standard InChI is InChI=1S/C24H17F3N4O6S2.C23H13BrF3N3O4S.C23H12ClF3N4O6S.C22H15F3N4O6S2/c1-39(36,37)29-21(33)20-19(31-22(34)16-10-38-11-17(16)28-23(31)35)15-8-13(24(25,26)27)5-6-18(15)30(20)9-12-3-2-4-14(32)7-12;24-13-4-1-11(2-5-13)8-29-17-6-3-12(23(25,26)27)7-14(17)18(19(29)21(32)33)30-20(31)15-9-35-10-16(15)28-22(30)34;24-15-3-2-12(31(36)37)5-10(15)7-29-17-4-1-11(23(25,26)27)6-13(17)18(19(29)21(33)34)30-20(32)14-8-38-9-16(14)28-22(30)35;1-37(33,34)27-19(30)18-17(29-20(31)14-9-36-10-15(14)26-21(29)32)13-7-11(22(23,24)25)4-5-16(13)28(18)8-12-3-2-6-35-12/h2-8,10-11,32H,9H2,1H3,(H,28,35)(H,29,33);1-7,9-10H,8H2,(H,28,34)(H,32,33);1-6,8-9H,7H2,(H,28,35)(H,33,34);2-7,9-10H,8H2,1H3,(H,26,32)(H,27,30). The van der Waals surface area contributed by atoms with Crippen molar-refractivity contribution < 1.29 is 113 Å². The van der Waals surface area contributed by atoms with Gasteiger partial charge in [-0.2, -0.15) is 52.7 Å². The van der Waals surface area contributed by atoms with Crippen LogP contribution in [0.2, 0.25) is 5.02 Å². The summed E-state index contributed by atoms with van der Waals surface area (Å²) in [6.07, 6.45) is -16.4.